The molecule has 1 fully saturated rings. The Kier molecular flexibility index (Phi) is 50.3. The fourth-order valence-corrected chi connectivity index (χ4v) is 10.4. The average molecular weight is 974 g/mol. The van der Waals surface area contributed by atoms with Crippen LogP contribution in [0.1, 0.15) is 341 Å². The zero-order valence-electron chi connectivity index (χ0n) is 46.4. The van der Waals surface area contributed by atoms with Crippen molar-refractivity contribution >= 4 is 11.9 Å². The molecule has 1 heterocycles. The van der Waals surface area contributed by atoms with Crippen LogP contribution < -0.4 is 0 Å². The molecule has 1 aliphatic rings. The molecule has 0 spiro atoms. The maximum atomic E-state index is 12.5. The number of allylic oxidation sites excluding steroid dienone is 2. The summed E-state index contributed by atoms with van der Waals surface area (Å²) in [5.41, 5.74) is -1.12. The van der Waals surface area contributed by atoms with Gasteiger partial charge < -0.3 is 19.7 Å². The maximum Gasteiger partial charge on any atom is 0.309 e. The van der Waals surface area contributed by atoms with Crippen LogP contribution in [0.25, 0.3) is 0 Å². The van der Waals surface area contributed by atoms with E-state index in [-0.39, 0.29) is 19.6 Å². The molecule has 1 saturated heterocycles. The number of ether oxygens (including phenoxy) is 2. The van der Waals surface area contributed by atoms with E-state index in [1.54, 1.807) is 0 Å². The maximum absolute atomic E-state index is 12.5. The van der Waals surface area contributed by atoms with Gasteiger partial charge in [-0.2, -0.15) is 0 Å². The number of esters is 2. The highest BCUT2D eigenvalue weighted by atomic mass is 16.6. The third-order valence-corrected chi connectivity index (χ3v) is 15.5. The molecule has 69 heavy (non-hydrogen) atoms. The van der Waals surface area contributed by atoms with E-state index in [4.69, 9.17) is 9.47 Å². The van der Waals surface area contributed by atoms with Crippen molar-refractivity contribution in [2.75, 3.05) is 26.4 Å². The first-order valence-corrected chi connectivity index (χ1v) is 31.3. The largest absolute Gasteiger partial charge is 0.465 e. The van der Waals surface area contributed by atoms with E-state index in [2.05, 4.69) is 19.1 Å². The number of carbonyl (C=O) groups is 2. The second-order valence-corrected chi connectivity index (χ2v) is 22.4. The highest BCUT2D eigenvalue weighted by Crippen LogP contribution is 2.25. The second-order valence-electron chi connectivity index (χ2n) is 22.4. The summed E-state index contributed by atoms with van der Waals surface area (Å²) in [5, 5.41) is 19.2. The van der Waals surface area contributed by atoms with Gasteiger partial charge in [0.25, 0.3) is 0 Å². The number of carbonyl (C=O) groups excluding carboxylic acids is 2. The lowest BCUT2D eigenvalue weighted by Gasteiger charge is -2.27. The van der Waals surface area contributed by atoms with E-state index < -0.39 is 36.5 Å². The molecule has 1 rings (SSSR count). The normalized spacial score (nSPS) is 15.4. The van der Waals surface area contributed by atoms with Gasteiger partial charge in [-0.05, 0) is 32.1 Å². The first kappa shape index (κ1) is 65.6. The Hall–Kier alpha value is -1.40. The van der Waals surface area contributed by atoms with Crippen LogP contribution in [-0.2, 0) is 19.1 Å². The van der Waals surface area contributed by atoms with Crippen molar-refractivity contribution < 1.29 is 29.3 Å². The number of aliphatic hydroxyl groups is 2. The minimum atomic E-state index is -1.12. The van der Waals surface area contributed by atoms with Crippen LogP contribution in [0.5, 0.6) is 0 Å². The number of hydrogen-bond donors (Lipinski definition) is 2. The molecule has 0 aromatic rings. The van der Waals surface area contributed by atoms with Gasteiger partial charge in [-0.3, -0.25) is 9.59 Å². The molecule has 2 N–H and O–H groups in total. The Morgan fingerprint density at radius 1 is 0.377 bits per heavy atom. The van der Waals surface area contributed by atoms with Gasteiger partial charge in [0, 0.05) is 0 Å². The van der Waals surface area contributed by atoms with Crippen LogP contribution in [0.3, 0.4) is 0 Å². The molecule has 0 bridgehead atoms. The van der Waals surface area contributed by atoms with E-state index in [0.717, 1.165) is 19.3 Å². The first-order valence-electron chi connectivity index (χ1n) is 31.3. The fourth-order valence-electron chi connectivity index (χ4n) is 10.4. The summed E-state index contributed by atoms with van der Waals surface area (Å²) in [7, 11) is 0. The summed E-state index contributed by atoms with van der Waals surface area (Å²) in [4.78, 5) is 24.7. The smallest absolute Gasteiger partial charge is 0.309 e. The van der Waals surface area contributed by atoms with Gasteiger partial charge in [0.05, 0.1) is 31.0 Å². The second kappa shape index (κ2) is 52.9. The van der Waals surface area contributed by atoms with E-state index in [0.29, 0.717) is 6.42 Å². The van der Waals surface area contributed by atoms with Crippen molar-refractivity contribution in [3.05, 3.63) is 12.2 Å². The van der Waals surface area contributed by atoms with Crippen LogP contribution in [0.15, 0.2) is 12.2 Å². The molecular weight excluding hydrogens is 853 g/mol. The standard InChI is InChI=1S/C63H120O6/c1-2-3-4-5-6-7-8-9-10-11-12-13-14-15-16-17-18-19-20-21-22-23-24-25-26-27-28-29-30-31-32-33-34-35-36-37-38-39-40-41-42-43-44-45-46-47-48-49-50-51-52-53-54-60-55-61(66)68-58-63(56-64,57-65)59-69-62(60)67/h18-19,60,64-65H,2-17,20-59H2,1H3/b19-18+. The molecule has 0 radical (unpaired) electrons. The van der Waals surface area contributed by atoms with Gasteiger partial charge in [-0.1, -0.05) is 314 Å². The summed E-state index contributed by atoms with van der Waals surface area (Å²) < 4.78 is 10.6. The number of rotatable bonds is 54. The van der Waals surface area contributed by atoms with Crippen molar-refractivity contribution in [3.63, 3.8) is 0 Å². The lowest BCUT2D eigenvalue weighted by Crippen LogP contribution is -2.40. The molecular formula is C63H120O6. The highest BCUT2D eigenvalue weighted by Gasteiger charge is 2.36. The van der Waals surface area contributed by atoms with Crippen molar-refractivity contribution in [3.8, 4) is 0 Å². The quantitative estimate of drug-likeness (QED) is 0.0358. The SMILES string of the molecule is CCCCCCCCCCCCCCCCC/C=C/CCCCCCCCCCCCCCCCCCCCCCCCCCCCCCCCCCCC1CC(=O)OCC(CO)(CO)COC1=O. The van der Waals surface area contributed by atoms with Gasteiger partial charge >= 0.3 is 11.9 Å². The average Bonchev–Trinajstić information content (AvgIpc) is 3.41. The molecule has 1 unspecified atom stereocenters. The predicted molar refractivity (Wildman–Crippen MR) is 297 cm³/mol. The molecule has 408 valence electrons. The first-order chi connectivity index (χ1) is 34.1. The minimum Gasteiger partial charge on any atom is -0.465 e. The van der Waals surface area contributed by atoms with Crippen LogP contribution in [-0.4, -0.2) is 48.6 Å². The van der Waals surface area contributed by atoms with E-state index in [9.17, 15) is 19.8 Å². The molecule has 0 saturated carbocycles. The van der Waals surface area contributed by atoms with Crippen LogP contribution in [0.2, 0.25) is 0 Å². The summed E-state index contributed by atoms with van der Waals surface area (Å²) >= 11 is 0. The van der Waals surface area contributed by atoms with Gasteiger partial charge in [0.1, 0.15) is 13.2 Å². The van der Waals surface area contributed by atoms with Gasteiger partial charge in [-0.15, -0.1) is 0 Å². The van der Waals surface area contributed by atoms with Crippen LogP contribution >= 0.6 is 0 Å². The monoisotopic (exact) mass is 973 g/mol. The van der Waals surface area contributed by atoms with Crippen LogP contribution in [0, 0.1) is 11.3 Å². The van der Waals surface area contributed by atoms with Crippen molar-refractivity contribution in [2.24, 2.45) is 11.3 Å². The Bertz CT molecular complexity index is 1090. The number of cyclic esters (lactones) is 2. The molecule has 6 heteroatoms. The number of hydrogen-bond acceptors (Lipinski definition) is 6. The number of unbranched alkanes of at least 4 members (excludes halogenated alkanes) is 48. The van der Waals surface area contributed by atoms with E-state index in [1.807, 2.05) is 0 Å². The molecule has 0 aliphatic carbocycles. The van der Waals surface area contributed by atoms with E-state index in [1.165, 1.54) is 302 Å². The Morgan fingerprint density at radius 2 is 0.623 bits per heavy atom. The molecule has 0 aromatic heterocycles. The topological polar surface area (TPSA) is 93.1 Å². The van der Waals surface area contributed by atoms with Gasteiger partial charge in [0.15, 0.2) is 0 Å². The Labute approximate surface area is 430 Å². The summed E-state index contributed by atoms with van der Waals surface area (Å²) in [5.74, 6) is -1.40. The van der Waals surface area contributed by atoms with Crippen molar-refractivity contribution in [1.82, 2.24) is 0 Å². The van der Waals surface area contributed by atoms with Gasteiger partial charge in [-0.25, -0.2) is 0 Å². The fraction of sp³-hybridized carbons (Fsp3) is 0.937. The van der Waals surface area contributed by atoms with Crippen LogP contribution in [0.4, 0.5) is 0 Å². The lowest BCUT2D eigenvalue weighted by atomic mass is 9.92. The predicted octanol–water partition coefficient (Wildman–Crippen LogP) is 19.5. The third-order valence-electron chi connectivity index (χ3n) is 15.5. The van der Waals surface area contributed by atoms with Crippen molar-refractivity contribution in [1.29, 1.82) is 0 Å². The van der Waals surface area contributed by atoms with E-state index >= 15 is 0 Å². The summed E-state index contributed by atoms with van der Waals surface area (Å²) in [6, 6.07) is 0. The summed E-state index contributed by atoms with van der Waals surface area (Å²) in [6.45, 7) is 1.21. The minimum absolute atomic E-state index is 0.00489. The van der Waals surface area contributed by atoms with Gasteiger partial charge in [0.2, 0.25) is 0 Å². The zero-order valence-corrected chi connectivity index (χ0v) is 46.4. The van der Waals surface area contributed by atoms with Crippen molar-refractivity contribution in [2.45, 2.75) is 341 Å². The molecule has 1 atom stereocenters. The number of aliphatic hydroxyl groups excluding tert-OH is 2. The third kappa shape index (κ3) is 45.0. The molecule has 1 aliphatic heterocycles. The molecule has 0 amide bonds. The summed E-state index contributed by atoms with van der Waals surface area (Å²) in [6.07, 6.45) is 75.7. The molecule has 0 aromatic carbocycles. The highest BCUT2D eigenvalue weighted by molar-refractivity contribution is 5.80. The lowest BCUT2D eigenvalue weighted by molar-refractivity contribution is -0.155. The Balaban J connectivity index is 1.68. The molecule has 6 nitrogen and oxygen atoms in total. The zero-order chi connectivity index (χ0) is 49.7. The Morgan fingerprint density at radius 3 is 0.899 bits per heavy atom.